The van der Waals surface area contributed by atoms with Crippen LogP contribution in [0.2, 0.25) is 0 Å². The van der Waals surface area contributed by atoms with Crippen LogP contribution >= 0.6 is 11.8 Å². The molecule has 3 amide bonds. The first-order valence-electron chi connectivity index (χ1n) is 8.66. The molecule has 0 radical (unpaired) electrons. The van der Waals surface area contributed by atoms with Gasteiger partial charge in [0.25, 0.3) is 0 Å². The third-order valence-electron chi connectivity index (χ3n) is 4.33. The highest BCUT2D eigenvalue weighted by molar-refractivity contribution is 8.00. The third-order valence-corrected chi connectivity index (χ3v) is 5.43. The molecule has 6 heteroatoms. The third kappa shape index (κ3) is 5.74. The topological polar surface area (TPSA) is 75.4 Å². The molecule has 1 aromatic rings. The number of hydrogen-bond acceptors (Lipinski definition) is 3. The van der Waals surface area contributed by atoms with Crippen LogP contribution in [0.25, 0.3) is 0 Å². The van der Waals surface area contributed by atoms with E-state index < -0.39 is 0 Å². The number of thioether (sulfide) groups is 1. The zero-order valence-electron chi connectivity index (χ0n) is 14.3. The largest absolute Gasteiger partial charge is 0.369 e. The van der Waals surface area contributed by atoms with E-state index in [9.17, 15) is 9.59 Å². The Morgan fingerprint density at radius 3 is 2.83 bits per heavy atom. The van der Waals surface area contributed by atoms with Gasteiger partial charge in [-0.3, -0.25) is 4.79 Å². The maximum Gasteiger partial charge on any atom is 0.321 e. The Labute approximate surface area is 148 Å². The average molecular weight is 350 g/mol. The Kier molecular flexibility index (Phi) is 7.43. The Morgan fingerprint density at radius 1 is 1.29 bits per heavy atom. The molecule has 3 N–H and O–H groups in total. The number of hydrogen-bond donors (Lipinski definition) is 2. The number of likely N-dealkylation sites (tertiary alicyclic amines) is 1. The molecule has 0 spiro atoms. The first-order chi connectivity index (χ1) is 11.6. The molecule has 24 heavy (non-hydrogen) atoms. The molecule has 1 saturated heterocycles. The van der Waals surface area contributed by atoms with Gasteiger partial charge in [-0.2, -0.15) is 0 Å². The number of primary amides is 1. The number of nitrogens with two attached hydrogens (primary N) is 1. The number of carbonyl (C=O) groups is 2. The number of benzene rings is 1. The zero-order valence-corrected chi connectivity index (χ0v) is 15.1. The highest BCUT2D eigenvalue weighted by Crippen LogP contribution is 2.27. The fraction of sp³-hybridized carbons (Fsp3) is 0.556. The minimum Gasteiger partial charge on any atom is -0.369 e. The van der Waals surface area contributed by atoms with Crippen molar-refractivity contribution in [1.29, 1.82) is 0 Å². The van der Waals surface area contributed by atoms with Crippen molar-refractivity contribution in [2.45, 2.75) is 43.9 Å². The van der Waals surface area contributed by atoms with Crippen LogP contribution in [0.4, 0.5) is 10.5 Å². The van der Waals surface area contributed by atoms with E-state index in [0.717, 1.165) is 42.4 Å². The minimum absolute atomic E-state index is 0.0562. The van der Waals surface area contributed by atoms with Gasteiger partial charge in [-0.05, 0) is 37.3 Å². The summed E-state index contributed by atoms with van der Waals surface area (Å²) in [5.74, 6) is 0.580. The zero-order chi connectivity index (χ0) is 17.4. The summed E-state index contributed by atoms with van der Waals surface area (Å²) >= 11 is 1.35. The summed E-state index contributed by atoms with van der Waals surface area (Å²) in [6, 6.07) is 7.46. The molecule has 1 aromatic carbocycles. The maximum absolute atomic E-state index is 12.6. The second-order valence-electron chi connectivity index (χ2n) is 6.25. The lowest BCUT2D eigenvalue weighted by Crippen LogP contribution is -2.35. The van der Waals surface area contributed by atoms with Crippen LogP contribution in [0, 0.1) is 5.92 Å². The van der Waals surface area contributed by atoms with E-state index in [1.54, 1.807) is 0 Å². The summed E-state index contributed by atoms with van der Waals surface area (Å²) in [5.41, 5.74) is 5.95. The molecule has 1 fully saturated rings. The van der Waals surface area contributed by atoms with Gasteiger partial charge in [0.1, 0.15) is 0 Å². The molecule has 1 heterocycles. The lowest BCUT2D eigenvalue weighted by molar-refractivity contribution is -0.115. The van der Waals surface area contributed by atoms with Gasteiger partial charge in [0, 0.05) is 18.0 Å². The monoisotopic (exact) mass is 349 g/mol. The summed E-state index contributed by atoms with van der Waals surface area (Å²) in [6.45, 7) is 3.84. The standard InChI is InChI=1S/C18H27N3O2S/c1-2-6-14-7-5-11-21(12-10-14)18(23)20-15-8-3-4-9-16(15)24-13-17(19)22/h3-4,8-9,14H,2,5-7,10-13H2,1H3,(H2,19,22)(H,20,23)/t14-/m1/s1. The summed E-state index contributed by atoms with van der Waals surface area (Å²) in [5, 5.41) is 2.99. The predicted molar refractivity (Wildman–Crippen MR) is 99.2 cm³/mol. The number of nitrogens with zero attached hydrogens (tertiary/aromatic N) is 1. The van der Waals surface area contributed by atoms with Crippen molar-refractivity contribution in [3.63, 3.8) is 0 Å². The van der Waals surface area contributed by atoms with Crippen LogP contribution < -0.4 is 11.1 Å². The maximum atomic E-state index is 12.6. The van der Waals surface area contributed by atoms with Crippen LogP contribution in [-0.2, 0) is 4.79 Å². The fourth-order valence-electron chi connectivity index (χ4n) is 3.10. The van der Waals surface area contributed by atoms with E-state index >= 15 is 0 Å². The van der Waals surface area contributed by atoms with E-state index in [0.29, 0.717) is 0 Å². The van der Waals surface area contributed by atoms with Crippen molar-refractivity contribution < 1.29 is 9.59 Å². The molecular formula is C18H27N3O2S. The number of anilines is 1. The van der Waals surface area contributed by atoms with Crippen LogP contribution in [0.5, 0.6) is 0 Å². The number of nitrogens with one attached hydrogen (secondary N) is 1. The van der Waals surface area contributed by atoms with Crippen molar-refractivity contribution in [2.24, 2.45) is 11.7 Å². The fourth-order valence-corrected chi connectivity index (χ4v) is 3.85. The van der Waals surface area contributed by atoms with E-state index in [1.807, 2.05) is 29.2 Å². The molecule has 132 valence electrons. The predicted octanol–water partition coefficient (Wildman–Crippen LogP) is 3.70. The van der Waals surface area contributed by atoms with Gasteiger partial charge >= 0.3 is 6.03 Å². The Morgan fingerprint density at radius 2 is 2.08 bits per heavy atom. The van der Waals surface area contributed by atoms with E-state index in [4.69, 9.17) is 5.73 Å². The molecule has 0 saturated carbocycles. The summed E-state index contributed by atoms with van der Waals surface area (Å²) in [6.07, 6.45) is 5.82. The Balaban J connectivity index is 1.95. The SMILES string of the molecule is CCC[C@@H]1CCCN(C(=O)Nc2ccccc2SCC(N)=O)CC1. The Bertz CT molecular complexity index is 565. The highest BCUT2D eigenvalue weighted by atomic mass is 32.2. The summed E-state index contributed by atoms with van der Waals surface area (Å²) in [4.78, 5) is 26.3. The molecular weight excluding hydrogens is 322 g/mol. The molecule has 0 aliphatic carbocycles. The molecule has 0 bridgehead atoms. The van der Waals surface area contributed by atoms with Crippen molar-refractivity contribution in [2.75, 3.05) is 24.2 Å². The van der Waals surface area contributed by atoms with Gasteiger partial charge in [0.15, 0.2) is 0 Å². The van der Waals surface area contributed by atoms with Crippen LogP contribution in [0.15, 0.2) is 29.2 Å². The second-order valence-corrected chi connectivity index (χ2v) is 7.27. The van der Waals surface area contributed by atoms with Crippen LogP contribution in [0.1, 0.15) is 39.0 Å². The highest BCUT2D eigenvalue weighted by Gasteiger charge is 2.20. The second kappa shape index (κ2) is 9.57. The first-order valence-corrected chi connectivity index (χ1v) is 9.64. The van der Waals surface area contributed by atoms with Crippen molar-refractivity contribution in [3.05, 3.63) is 24.3 Å². The van der Waals surface area contributed by atoms with Crippen LogP contribution in [-0.4, -0.2) is 35.7 Å². The molecule has 0 aromatic heterocycles. The molecule has 5 nitrogen and oxygen atoms in total. The normalized spacial score (nSPS) is 18.0. The summed E-state index contributed by atoms with van der Waals surface area (Å²) in [7, 11) is 0. The molecule has 1 atom stereocenters. The molecule has 0 unspecified atom stereocenters. The van der Waals surface area contributed by atoms with Gasteiger partial charge in [0.2, 0.25) is 5.91 Å². The van der Waals surface area contributed by atoms with E-state index in [2.05, 4.69) is 12.2 Å². The Hall–Kier alpha value is -1.69. The number of carbonyl (C=O) groups excluding carboxylic acids is 2. The average Bonchev–Trinajstić information content (AvgIpc) is 2.80. The van der Waals surface area contributed by atoms with E-state index in [-0.39, 0.29) is 17.7 Å². The first kappa shape index (κ1) is 18.6. The van der Waals surface area contributed by atoms with Gasteiger partial charge < -0.3 is 16.0 Å². The van der Waals surface area contributed by atoms with Crippen molar-refractivity contribution in [3.8, 4) is 0 Å². The van der Waals surface area contributed by atoms with Gasteiger partial charge in [-0.15, -0.1) is 11.8 Å². The van der Waals surface area contributed by atoms with Gasteiger partial charge in [0.05, 0.1) is 11.4 Å². The molecule has 1 aliphatic rings. The number of para-hydroxylation sites is 1. The van der Waals surface area contributed by atoms with Gasteiger partial charge in [-0.1, -0.05) is 31.9 Å². The van der Waals surface area contributed by atoms with Crippen LogP contribution in [0.3, 0.4) is 0 Å². The molecule has 2 rings (SSSR count). The van der Waals surface area contributed by atoms with E-state index in [1.165, 1.54) is 31.0 Å². The lowest BCUT2D eigenvalue weighted by Gasteiger charge is -2.22. The number of rotatable bonds is 6. The van der Waals surface area contributed by atoms with Crippen molar-refractivity contribution in [1.82, 2.24) is 4.90 Å². The lowest BCUT2D eigenvalue weighted by atomic mass is 9.96. The number of urea groups is 1. The smallest absolute Gasteiger partial charge is 0.321 e. The minimum atomic E-state index is -0.365. The number of amides is 3. The van der Waals surface area contributed by atoms with Gasteiger partial charge in [-0.25, -0.2) is 4.79 Å². The van der Waals surface area contributed by atoms with Crippen molar-refractivity contribution >= 4 is 29.4 Å². The molecule has 1 aliphatic heterocycles. The summed E-state index contributed by atoms with van der Waals surface area (Å²) < 4.78 is 0. The quantitative estimate of drug-likeness (QED) is 0.769.